The van der Waals surface area contributed by atoms with E-state index in [2.05, 4.69) is 17.3 Å². The van der Waals surface area contributed by atoms with Gasteiger partial charge in [-0.25, -0.2) is 4.68 Å². The third-order valence-corrected chi connectivity index (χ3v) is 5.55. The summed E-state index contributed by atoms with van der Waals surface area (Å²) >= 11 is 0. The molecule has 0 radical (unpaired) electrons. The van der Waals surface area contributed by atoms with Gasteiger partial charge in [-0.05, 0) is 43.4 Å². The molecule has 0 saturated heterocycles. The van der Waals surface area contributed by atoms with E-state index in [0.717, 1.165) is 5.56 Å². The van der Waals surface area contributed by atoms with Gasteiger partial charge in [0.05, 0.1) is 26.5 Å². The number of nitrogens with zero attached hydrogens (tertiary/aromatic N) is 2. The lowest BCUT2D eigenvalue weighted by Crippen LogP contribution is -2.18. The number of ether oxygens (including phenoxy) is 3. The smallest absolute Gasteiger partial charge is 0.257 e. The van der Waals surface area contributed by atoms with Crippen molar-refractivity contribution in [1.82, 2.24) is 9.78 Å². The Hall–Kier alpha value is -3.48. The topological polar surface area (TPSA) is 74.6 Å². The Morgan fingerprint density at radius 2 is 1.81 bits per heavy atom. The van der Waals surface area contributed by atoms with Crippen molar-refractivity contribution in [3.05, 3.63) is 65.9 Å². The average Bonchev–Trinajstić information content (AvgIpc) is 3.56. The zero-order valence-electron chi connectivity index (χ0n) is 18.0. The highest BCUT2D eigenvalue weighted by atomic mass is 16.5. The molecule has 4 rings (SSSR count). The molecule has 162 valence electrons. The second-order valence-corrected chi connectivity index (χ2v) is 7.68. The number of anilines is 1. The number of hydrogen-bond acceptors (Lipinski definition) is 5. The molecule has 1 heterocycles. The quantitative estimate of drug-likeness (QED) is 0.542. The highest BCUT2D eigenvalue weighted by Gasteiger charge is 2.31. The molecule has 0 spiro atoms. The van der Waals surface area contributed by atoms with E-state index >= 15 is 0 Å². The van der Waals surface area contributed by atoms with Crippen molar-refractivity contribution in [3.8, 4) is 17.2 Å². The van der Waals surface area contributed by atoms with Crippen LogP contribution in [0, 0.1) is 5.92 Å². The first-order valence-electron chi connectivity index (χ1n) is 10.4. The molecule has 1 atom stereocenters. The van der Waals surface area contributed by atoms with E-state index in [1.807, 2.05) is 41.1 Å². The molecular weight excluding hydrogens is 394 g/mol. The van der Waals surface area contributed by atoms with Gasteiger partial charge in [-0.1, -0.05) is 30.3 Å². The molecule has 31 heavy (non-hydrogen) atoms. The Morgan fingerprint density at radius 1 is 1.13 bits per heavy atom. The van der Waals surface area contributed by atoms with Gasteiger partial charge in [0.2, 0.25) is 5.75 Å². The first-order valence-corrected chi connectivity index (χ1v) is 10.4. The minimum Gasteiger partial charge on any atom is -0.493 e. The lowest BCUT2D eigenvalue weighted by Gasteiger charge is -2.17. The normalized spacial score (nSPS) is 14.0. The number of benzene rings is 2. The van der Waals surface area contributed by atoms with Gasteiger partial charge in [-0.15, -0.1) is 0 Å². The molecule has 7 nitrogen and oxygen atoms in total. The van der Waals surface area contributed by atoms with Crippen LogP contribution in [-0.2, 0) is 6.61 Å². The first-order chi connectivity index (χ1) is 15.1. The molecule has 1 amide bonds. The molecule has 2 aromatic carbocycles. The molecule has 1 aromatic heterocycles. The minimum atomic E-state index is -0.268. The summed E-state index contributed by atoms with van der Waals surface area (Å²) in [5, 5.41) is 7.35. The van der Waals surface area contributed by atoms with Crippen LogP contribution in [0.1, 0.15) is 41.7 Å². The van der Waals surface area contributed by atoms with Crippen molar-refractivity contribution in [1.29, 1.82) is 0 Å². The van der Waals surface area contributed by atoms with Crippen LogP contribution in [0.25, 0.3) is 0 Å². The highest BCUT2D eigenvalue weighted by molar-refractivity contribution is 6.04. The van der Waals surface area contributed by atoms with E-state index < -0.39 is 0 Å². The predicted octanol–water partition coefficient (Wildman–Crippen LogP) is 4.70. The SMILES string of the molecule is COc1cc(C(=O)Nc2ccnn2C(C)C2CC2)cc(OC)c1OCc1ccccc1. The van der Waals surface area contributed by atoms with Crippen molar-refractivity contribution in [3.63, 3.8) is 0 Å². The lowest BCUT2D eigenvalue weighted by molar-refractivity contribution is 0.102. The Kier molecular flexibility index (Phi) is 6.11. The number of amides is 1. The van der Waals surface area contributed by atoms with E-state index in [0.29, 0.717) is 41.2 Å². The molecule has 0 bridgehead atoms. The van der Waals surface area contributed by atoms with E-state index in [-0.39, 0.29) is 11.9 Å². The van der Waals surface area contributed by atoms with Gasteiger partial charge in [0, 0.05) is 11.6 Å². The summed E-state index contributed by atoms with van der Waals surface area (Å²) in [6.07, 6.45) is 4.11. The van der Waals surface area contributed by atoms with Crippen LogP contribution in [0.3, 0.4) is 0 Å². The molecule has 1 saturated carbocycles. The van der Waals surface area contributed by atoms with Crippen LogP contribution < -0.4 is 19.5 Å². The van der Waals surface area contributed by atoms with E-state index in [1.54, 1.807) is 18.3 Å². The van der Waals surface area contributed by atoms with Gasteiger partial charge in [-0.3, -0.25) is 4.79 Å². The minimum absolute atomic E-state index is 0.253. The number of hydrogen-bond donors (Lipinski definition) is 1. The Balaban J connectivity index is 1.54. The van der Waals surface area contributed by atoms with Gasteiger partial charge < -0.3 is 19.5 Å². The van der Waals surface area contributed by atoms with Crippen LogP contribution in [0.5, 0.6) is 17.2 Å². The summed E-state index contributed by atoms with van der Waals surface area (Å²) in [5.74, 6) is 2.35. The molecule has 1 N–H and O–H groups in total. The van der Waals surface area contributed by atoms with Gasteiger partial charge in [-0.2, -0.15) is 5.10 Å². The first kappa shape index (κ1) is 20.8. The van der Waals surface area contributed by atoms with E-state index in [9.17, 15) is 4.79 Å². The fraction of sp³-hybridized carbons (Fsp3) is 0.333. The molecule has 3 aromatic rings. The maximum Gasteiger partial charge on any atom is 0.257 e. The second-order valence-electron chi connectivity index (χ2n) is 7.68. The zero-order chi connectivity index (χ0) is 21.8. The highest BCUT2D eigenvalue weighted by Crippen LogP contribution is 2.41. The van der Waals surface area contributed by atoms with Crippen molar-refractivity contribution in [2.24, 2.45) is 5.92 Å². The summed E-state index contributed by atoms with van der Waals surface area (Å²) in [4.78, 5) is 13.0. The van der Waals surface area contributed by atoms with E-state index in [1.165, 1.54) is 27.1 Å². The maximum atomic E-state index is 13.0. The average molecular weight is 421 g/mol. The third-order valence-electron chi connectivity index (χ3n) is 5.55. The monoisotopic (exact) mass is 421 g/mol. The fourth-order valence-electron chi connectivity index (χ4n) is 3.59. The number of nitrogens with one attached hydrogen (secondary N) is 1. The summed E-state index contributed by atoms with van der Waals surface area (Å²) in [7, 11) is 3.08. The molecule has 0 aliphatic heterocycles. The molecule has 1 fully saturated rings. The van der Waals surface area contributed by atoms with Crippen LogP contribution >= 0.6 is 0 Å². The summed E-state index contributed by atoms with van der Waals surface area (Å²) in [6.45, 7) is 2.49. The molecule has 1 aliphatic rings. The zero-order valence-corrected chi connectivity index (χ0v) is 18.0. The number of carbonyl (C=O) groups excluding carboxylic acids is 1. The standard InChI is InChI=1S/C24H27N3O4/c1-16(18-9-10-18)27-22(11-12-25-27)26-24(28)19-13-20(29-2)23(21(14-19)30-3)31-15-17-7-5-4-6-8-17/h4-8,11-14,16,18H,9-10,15H2,1-3H3,(H,26,28). The van der Waals surface area contributed by atoms with Gasteiger partial charge in [0.1, 0.15) is 12.4 Å². The Bertz CT molecular complexity index is 1020. The fourth-order valence-corrected chi connectivity index (χ4v) is 3.59. The van der Waals surface area contributed by atoms with Crippen molar-refractivity contribution in [2.45, 2.75) is 32.4 Å². The summed E-state index contributed by atoms with van der Waals surface area (Å²) in [5.41, 5.74) is 1.43. The van der Waals surface area contributed by atoms with Gasteiger partial charge >= 0.3 is 0 Å². The van der Waals surface area contributed by atoms with Crippen molar-refractivity contribution >= 4 is 11.7 Å². The van der Waals surface area contributed by atoms with Gasteiger partial charge in [0.15, 0.2) is 11.5 Å². The maximum absolute atomic E-state index is 13.0. The van der Waals surface area contributed by atoms with Crippen molar-refractivity contribution in [2.75, 3.05) is 19.5 Å². The Morgan fingerprint density at radius 3 is 2.42 bits per heavy atom. The molecule has 7 heteroatoms. The molecular formula is C24H27N3O4. The molecule has 1 aliphatic carbocycles. The van der Waals surface area contributed by atoms with Gasteiger partial charge in [0.25, 0.3) is 5.91 Å². The lowest BCUT2D eigenvalue weighted by atomic mass is 10.1. The number of rotatable bonds is 9. The third kappa shape index (κ3) is 4.66. The predicted molar refractivity (Wildman–Crippen MR) is 118 cm³/mol. The molecule has 1 unspecified atom stereocenters. The summed E-state index contributed by atoms with van der Waals surface area (Å²) in [6, 6.07) is 15.2. The Labute approximate surface area is 181 Å². The number of aromatic nitrogens is 2. The van der Waals surface area contributed by atoms with Crippen LogP contribution in [0.4, 0.5) is 5.82 Å². The van der Waals surface area contributed by atoms with Crippen LogP contribution in [-0.4, -0.2) is 29.9 Å². The summed E-state index contributed by atoms with van der Waals surface area (Å²) < 4.78 is 18.8. The second kappa shape index (κ2) is 9.12. The van der Waals surface area contributed by atoms with Crippen LogP contribution in [0.2, 0.25) is 0 Å². The van der Waals surface area contributed by atoms with E-state index in [4.69, 9.17) is 14.2 Å². The van der Waals surface area contributed by atoms with Crippen LogP contribution in [0.15, 0.2) is 54.7 Å². The number of carbonyl (C=O) groups is 1. The van der Waals surface area contributed by atoms with Crippen molar-refractivity contribution < 1.29 is 19.0 Å². The largest absolute Gasteiger partial charge is 0.493 e. The number of methoxy groups -OCH3 is 2.